The van der Waals surface area contributed by atoms with Gasteiger partial charge < -0.3 is 43.8 Å². The van der Waals surface area contributed by atoms with E-state index in [1.165, 1.54) is 23.9 Å². The van der Waals surface area contributed by atoms with Gasteiger partial charge in [-0.3, -0.25) is 18.6 Å². The first kappa shape index (κ1) is 56.5. The molecule has 0 aliphatic carbocycles. The molecule has 5 aromatic rings. The van der Waals surface area contributed by atoms with E-state index < -0.39 is 16.0 Å². The molecule has 0 saturated heterocycles. The zero-order chi connectivity index (χ0) is 46.4. The zero-order valence-corrected chi connectivity index (χ0v) is 43.4. The minimum absolute atomic E-state index is 0. The number of thiocarbonyl (C=S) groups is 1. The maximum atomic E-state index is 12.4. The number of hydrogen-bond donors (Lipinski definition) is 0. The molecule has 5 aromatic carbocycles. The van der Waals surface area contributed by atoms with Crippen LogP contribution in [0.1, 0.15) is 94.7 Å². The largest absolute Gasteiger partial charge is 1.00 e. The van der Waals surface area contributed by atoms with E-state index in [2.05, 4.69) is 31.8 Å². The Morgan fingerprint density at radius 2 is 1.11 bits per heavy atom. The van der Waals surface area contributed by atoms with Gasteiger partial charge in [0.2, 0.25) is 0 Å². The smallest absolute Gasteiger partial charge is 0.497 e. The van der Waals surface area contributed by atoms with Crippen LogP contribution in [0.5, 0.6) is 11.5 Å². The van der Waals surface area contributed by atoms with Gasteiger partial charge in [0.25, 0.3) is 10.1 Å². The summed E-state index contributed by atoms with van der Waals surface area (Å²) >= 11 is 10.5. The molecule has 0 N–H and O–H groups in total. The number of rotatable bonds is 20. The van der Waals surface area contributed by atoms with Crippen LogP contribution < -0.4 is 39.0 Å². The monoisotopic (exact) mass is 958 g/mol. The van der Waals surface area contributed by atoms with E-state index in [1.807, 2.05) is 93.6 Å². The molecule has 0 aliphatic heterocycles. The van der Waals surface area contributed by atoms with Gasteiger partial charge in [0.1, 0.15) is 11.5 Å². The van der Waals surface area contributed by atoms with Crippen molar-refractivity contribution in [2.45, 2.75) is 89.9 Å². The third-order valence-electron chi connectivity index (χ3n) is 9.64. The Morgan fingerprint density at radius 1 is 0.656 bits per heavy atom. The van der Waals surface area contributed by atoms with E-state index in [0.717, 1.165) is 69.0 Å². The van der Waals surface area contributed by atoms with Crippen molar-refractivity contribution in [1.82, 2.24) is 0 Å². The van der Waals surface area contributed by atoms with Crippen LogP contribution in [-0.4, -0.2) is 69.5 Å². The summed E-state index contributed by atoms with van der Waals surface area (Å²) < 4.78 is 51.2. The number of aryl methyl sites for hydroxylation is 1. The van der Waals surface area contributed by atoms with Crippen LogP contribution in [-0.2, 0) is 50.8 Å². The number of hydrogen-bond acceptors (Lipinski definition) is 13. The van der Waals surface area contributed by atoms with Crippen molar-refractivity contribution >= 4 is 89.5 Å². The molecule has 2 unspecified atom stereocenters. The summed E-state index contributed by atoms with van der Waals surface area (Å²) in [6, 6.07) is 29.8. The molecule has 15 heteroatoms. The SMILES string of the molecule is CCCC(=O)SCCCOC(=O)C(C)c1ccc2cc(OC)ccc2c1.CCCC(=S)[S-].COc1ccc2cc(C(C)C(=O)OCCCOS(=O)(=O)c3ccc(C)cc3)ccc2c1.[Na+]. The predicted molar refractivity (Wildman–Crippen MR) is 261 cm³/mol. The second kappa shape index (κ2) is 29.8. The Morgan fingerprint density at radius 3 is 1.55 bits per heavy atom. The third kappa shape index (κ3) is 19.5. The van der Waals surface area contributed by atoms with Gasteiger partial charge in [0.15, 0.2) is 5.12 Å². The maximum absolute atomic E-state index is 12.4. The fourth-order valence-electron chi connectivity index (χ4n) is 5.87. The van der Waals surface area contributed by atoms with Crippen LogP contribution in [0.15, 0.2) is 102 Å². The number of ether oxygens (including phenoxy) is 4. The van der Waals surface area contributed by atoms with Crippen molar-refractivity contribution in [3.8, 4) is 11.5 Å². The molecule has 0 spiro atoms. The molecule has 0 saturated carbocycles. The summed E-state index contributed by atoms with van der Waals surface area (Å²) in [5, 5.41) is 4.37. The van der Waals surface area contributed by atoms with Crippen molar-refractivity contribution in [2.24, 2.45) is 0 Å². The van der Waals surface area contributed by atoms with E-state index in [1.54, 1.807) is 33.3 Å². The van der Waals surface area contributed by atoms with E-state index in [0.29, 0.717) is 29.4 Å². The Balaban J connectivity index is 0.000000389. The van der Waals surface area contributed by atoms with Crippen LogP contribution in [0, 0.1) is 6.92 Å². The van der Waals surface area contributed by atoms with Crippen molar-refractivity contribution in [2.75, 3.05) is 39.8 Å². The topological polar surface area (TPSA) is 132 Å². The van der Waals surface area contributed by atoms with Gasteiger partial charge in [0.05, 0.1) is 50.8 Å². The summed E-state index contributed by atoms with van der Waals surface area (Å²) in [6.45, 7) is 9.94. The van der Waals surface area contributed by atoms with Crippen LogP contribution in [0.25, 0.3) is 21.5 Å². The molecule has 0 fully saturated rings. The van der Waals surface area contributed by atoms with Crippen LogP contribution >= 0.6 is 24.0 Å². The third-order valence-corrected chi connectivity index (χ3v) is 12.4. The molecule has 0 amide bonds. The average Bonchev–Trinajstić information content (AvgIpc) is 3.27. The Kier molecular flexibility index (Phi) is 26.4. The first-order valence-corrected chi connectivity index (χ1v) is 24.1. The van der Waals surface area contributed by atoms with Gasteiger partial charge in [-0.2, -0.15) is 12.6 Å². The molecular weight excluding hydrogens is 900 g/mol. The predicted octanol–water partition coefficient (Wildman–Crippen LogP) is 8.21. The molecule has 0 radical (unpaired) electrons. The quantitative estimate of drug-likeness (QED) is 0.0186. The molecule has 0 aliphatic rings. The fraction of sp³-hybridized carbons (Fsp3) is 0.388. The number of fused-ring (bicyclic) bond motifs is 2. The van der Waals surface area contributed by atoms with Gasteiger partial charge in [-0.25, -0.2) is 0 Å². The number of benzene rings is 5. The number of carbonyl (C=O) groups is 3. The van der Waals surface area contributed by atoms with E-state index >= 15 is 0 Å². The Hall–Kier alpha value is -3.60. The average molecular weight is 959 g/mol. The summed E-state index contributed by atoms with van der Waals surface area (Å²) in [5.41, 5.74) is 2.74. The van der Waals surface area contributed by atoms with Crippen LogP contribution in [0.2, 0.25) is 0 Å². The fourth-order valence-corrected chi connectivity index (χ4v) is 8.06. The number of carbonyl (C=O) groups excluding carboxylic acids is 3. The van der Waals surface area contributed by atoms with Gasteiger partial charge in [-0.15, -0.1) is 0 Å². The normalized spacial score (nSPS) is 11.7. The first-order chi connectivity index (χ1) is 30.1. The number of esters is 2. The second-order valence-corrected chi connectivity index (χ2v) is 18.6. The van der Waals surface area contributed by atoms with Crippen molar-refractivity contribution in [3.63, 3.8) is 0 Å². The van der Waals surface area contributed by atoms with E-state index in [4.69, 9.17) is 23.1 Å². The molecule has 340 valence electrons. The second-order valence-electron chi connectivity index (χ2n) is 14.6. The molecule has 0 heterocycles. The minimum atomic E-state index is -3.81. The molecule has 2 atom stereocenters. The number of methoxy groups -OCH3 is 2. The summed E-state index contributed by atoms with van der Waals surface area (Å²) in [7, 11) is -0.546. The zero-order valence-electron chi connectivity index (χ0n) is 38.2. The standard InChI is InChI=1S/C24H26O6S.C21H26O4S.C4H8S2.Na/c1-17-5-11-23(12-6-17)31(26,27)30-14-4-13-29-24(25)18(2)19-7-8-21-16-22(28-3)10-9-20(21)15-19;1-4-6-20(22)26-12-5-11-25-21(23)15(2)16-7-8-18-14-19(24-3)10-9-17(18)13-16;1-2-3-4(5)6;/h5-12,15-16,18H,4,13-14H2,1-3H3;7-10,13-15H,4-6,11-12H2,1-3H3;2-3H2,1H3,(H,5,6);/q;;;+1/p-1. The van der Waals surface area contributed by atoms with Crippen molar-refractivity contribution in [1.29, 1.82) is 0 Å². The summed E-state index contributed by atoms with van der Waals surface area (Å²) in [5.74, 6) is 0.919. The van der Waals surface area contributed by atoms with Crippen molar-refractivity contribution in [3.05, 3.63) is 114 Å². The summed E-state index contributed by atoms with van der Waals surface area (Å²) in [6.07, 6.45) is 4.45. The van der Waals surface area contributed by atoms with Gasteiger partial charge in [0, 0.05) is 18.6 Å². The van der Waals surface area contributed by atoms with E-state index in [9.17, 15) is 22.8 Å². The Bertz CT molecular complexity index is 2370. The molecule has 10 nitrogen and oxygen atoms in total. The van der Waals surface area contributed by atoms with E-state index in [-0.39, 0.29) is 77.1 Å². The van der Waals surface area contributed by atoms with Crippen LogP contribution in [0.3, 0.4) is 0 Å². The maximum Gasteiger partial charge on any atom is 1.00 e. The van der Waals surface area contributed by atoms with Gasteiger partial charge >= 0.3 is 41.5 Å². The molecular formula is C49H59NaO10S4. The molecule has 0 bridgehead atoms. The van der Waals surface area contributed by atoms with Crippen molar-refractivity contribution < 1.29 is 75.5 Å². The van der Waals surface area contributed by atoms with Crippen LogP contribution in [0.4, 0.5) is 0 Å². The summed E-state index contributed by atoms with van der Waals surface area (Å²) in [4.78, 5) is 36.2. The molecule has 64 heavy (non-hydrogen) atoms. The van der Waals surface area contributed by atoms with Gasteiger partial charge in [-0.05, 0) is 109 Å². The molecule has 0 aromatic heterocycles. The Labute approximate surface area is 416 Å². The first-order valence-electron chi connectivity index (χ1n) is 20.9. The molecule has 5 rings (SSSR count). The number of thioether (sulfide) groups is 1. The van der Waals surface area contributed by atoms with Gasteiger partial charge in [-0.1, -0.05) is 98.3 Å². The minimum Gasteiger partial charge on any atom is -0.497 e.